The normalized spacial score (nSPS) is 14.7. The van der Waals surface area contributed by atoms with Crippen molar-refractivity contribution < 1.29 is 13.2 Å². The first-order valence-electron chi connectivity index (χ1n) is 8.88. The molecule has 0 radical (unpaired) electrons. The summed E-state index contributed by atoms with van der Waals surface area (Å²) in [5.41, 5.74) is 1.16. The van der Waals surface area contributed by atoms with Gasteiger partial charge in [-0.2, -0.15) is 0 Å². The van der Waals surface area contributed by atoms with E-state index in [-0.39, 0.29) is 21.5 Å². The van der Waals surface area contributed by atoms with Gasteiger partial charge < -0.3 is 0 Å². The number of nitrogens with one attached hydrogen (secondary N) is 2. The molecule has 0 spiro atoms. The Morgan fingerprint density at radius 3 is 2.70 bits per heavy atom. The van der Waals surface area contributed by atoms with Gasteiger partial charge in [-0.15, -0.1) is 11.3 Å². The molecule has 0 unspecified atom stereocenters. The molecule has 1 aromatic carbocycles. The Balaban J connectivity index is 1.83. The molecule has 2 aromatic rings. The standard InChI is InChI=1S/C18H22ClN3O3S2/c1-11(2)22-27(24,25)12-8-9-14(19)13(10-12)17(23)21-18-20-15-6-4-3-5-7-16(15)26-18/h8-11,22H,3-7H2,1-2H3,(H,20,21,23). The Kier molecular flexibility index (Phi) is 6.20. The van der Waals surface area contributed by atoms with E-state index in [4.69, 9.17) is 11.6 Å². The van der Waals surface area contributed by atoms with E-state index in [0.717, 1.165) is 31.4 Å². The summed E-state index contributed by atoms with van der Waals surface area (Å²) in [7, 11) is -3.71. The maximum Gasteiger partial charge on any atom is 0.259 e. The van der Waals surface area contributed by atoms with Crippen molar-refractivity contribution in [2.24, 2.45) is 0 Å². The number of fused-ring (bicyclic) bond motifs is 1. The lowest BCUT2D eigenvalue weighted by Gasteiger charge is -2.11. The van der Waals surface area contributed by atoms with Crippen LogP contribution in [0.1, 0.15) is 54.0 Å². The van der Waals surface area contributed by atoms with Gasteiger partial charge in [0.2, 0.25) is 10.0 Å². The van der Waals surface area contributed by atoms with Crippen LogP contribution >= 0.6 is 22.9 Å². The van der Waals surface area contributed by atoms with Crippen LogP contribution in [0.3, 0.4) is 0 Å². The van der Waals surface area contributed by atoms with E-state index in [9.17, 15) is 13.2 Å². The van der Waals surface area contributed by atoms with Gasteiger partial charge >= 0.3 is 0 Å². The average molecular weight is 428 g/mol. The summed E-state index contributed by atoms with van der Waals surface area (Å²) < 4.78 is 27.2. The Hall–Kier alpha value is -1.48. The maximum atomic E-state index is 12.7. The van der Waals surface area contributed by atoms with Gasteiger partial charge in [-0.1, -0.05) is 18.0 Å². The monoisotopic (exact) mass is 427 g/mol. The number of carbonyl (C=O) groups excluding carboxylic acids is 1. The number of halogens is 1. The summed E-state index contributed by atoms with van der Waals surface area (Å²) in [5, 5.41) is 3.48. The van der Waals surface area contributed by atoms with Crippen molar-refractivity contribution in [3.05, 3.63) is 39.4 Å². The van der Waals surface area contributed by atoms with E-state index in [1.807, 2.05) is 0 Å². The number of nitrogens with zero attached hydrogens (tertiary/aromatic N) is 1. The minimum Gasteiger partial charge on any atom is -0.298 e. The van der Waals surface area contributed by atoms with Gasteiger partial charge in [0.1, 0.15) is 0 Å². The molecule has 1 aromatic heterocycles. The van der Waals surface area contributed by atoms with Crippen molar-refractivity contribution in [1.29, 1.82) is 0 Å². The lowest BCUT2D eigenvalue weighted by molar-refractivity contribution is 0.102. The Morgan fingerprint density at radius 1 is 1.22 bits per heavy atom. The molecule has 0 bridgehead atoms. The fourth-order valence-corrected chi connectivity index (χ4v) is 5.50. The third-order valence-electron chi connectivity index (χ3n) is 4.20. The Bertz CT molecular complexity index is 931. The molecule has 0 atom stereocenters. The number of anilines is 1. The van der Waals surface area contributed by atoms with Gasteiger partial charge in [-0.25, -0.2) is 18.1 Å². The molecule has 9 heteroatoms. The van der Waals surface area contributed by atoms with E-state index >= 15 is 0 Å². The highest BCUT2D eigenvalue weighted by Crippen LogP contribution is 2.30. The van der Waals surface area contributed by atoms with Gasteiger partial charge in [0.05, 0.1) is 21.2 Å². The first-order chi connectivity index (χ1) is 12.8. The minimum absolute atomic E-state index is 0.000621. The second kappa shape index (κ2) is 8.26. The van der Waals surface area contributed by atoms with Crippen molar-refractivity contribution in [2.45, 2.75) is 56.9 Å². The summed E-state index contributed by atoms with van der Waals surface area (Å²) in [6.45, 7) is 3.46. The maximum absolute atomic E-state index is 12.7. The predicted octanol–water partition coefficient (Wildman–Crippen LogP) is 4.00. The number of amides is 1. The van der Waals surface area contributed by atoms with E-state index in [1.54, 1.807) is 13.8 Å². The van der Waals surface area contributed by atoms with Crippen LogP contribution in [0.2, 0.25) is 5.02 Å². The number of thiazole rings is 1. The van der Waals surface area contributed by atoms with Crippen LogP contribution in [0, 0.1) is 0 Å². The molecule has 27 heavy (non-hydrogen) atoms. The van der Waals surface area contributed by atoms with Gasteiger partial charge in [-0.3, -0.25) is 10.1 Å². The van der Waals surface area contributed by atoms with Gasteiger partial charge in [0.15, 0.2) is 5.13 Å². The third-order valence-corrected chi connectivity index (χ3v) is 7.26. The van der Waals surface area contributed by atoms with E-state index in [0.29, 0.717) is 5.13 Å². The summed E-state index contributed by atoms with van der Waals surface area (Å²) in [5.74, 6) is -0.467. The molecule has 0 aliphatic heterocycles. The molecular formula is C18H22ClN3O3S2. The fraction of sp³-hybridized carbons (Fsp3) is 0.444. The van der Waals surface area contributed by atoms with Crippen molar-refractivity contribution >= 4 is 44.0 Å². The molecule has 0 fully saturated rings. The SMILES string of the molecule is CC(C)NS(=O)(=O)c1ccc(Cl)c(C(=O)Nc2nc3c(s2)CCCCC3)c1. The molecule has 6 nitrogen and oxygen atoms in total. The average Bonchev–Trinajstić information content (AvgIpc) is 2.82. The molecule has 0 saturated carbocycles. The highest BCUT2D eigenvalue weighted by molar-refractivity contribution is 7.89. The molecule has 1 heterocycles. The van der Waals surface area contributed by atoms with Crippen LogP contribution in [0.4, 0.5) is 5.13 Å². The molecule has 2 N–H and O–H groups in total. The largest absolute Gasteiger partial charge is 0.298 e. The summed E-state index contributed by atoms with van der Waals surface area (Å²) in [4.78, 5) is 18.4. The van der Waals surface area contributed by atoms with Crippen molar-refractivity contribution in [2.75, 3.05) is 5.32 Å². The topological polar surface area (TPSA) is 88.2 Å². The number of hydrogen-bond acceptors (Lipinski definition) is 5. The van der Waals surface area contributed by atoms with E-state index < -0.39 is 15.9 Å². The molecular weight excluding hydrogens is 406 g/mol. The van der Waals surface area contributed by atoms with Crippen LogP contribution in [0.5, 0.6) is 0 Å². The summed E-state index contributed by atoms with van der Waals surface area (Å²) in [6.07, 6.45) is 5.36. The van der Waals surface area contributed by atoms with Gasteiger partial charge in [0, 0.05) is 10.9 Å². The zero-order valence-corrected chi connectivity index (χ0v) is 17.6. The summed E-state index contributed by atoms with van der Waals surface area (Å²) >= 11 is 7.62. The number of hydrogen-bond donors (Lipinski definition) is 2. The zero-order chi connectivity index (χ0) is 19.6. The predicted molar refractivity (Wildman–Crippen MR) is 108 cm³/mol. The van der Waals surface area contributed by atoms with E-state index in [1.165, 1.54) is 40.8 Å². The fourth-order valence-electron chi connectivity index (χ4n) is 2.97. The number of aromatic nitrogens is 1. The molecule has 0 saturated heterocycles. The third kappa shape index (κ3) is 4.87. The van der Waals surface area contributed by atoms with Crippen LogP contribution in [-0.4, -0.2) is 25.4 Å². The number of carbonyl (C=O) groups is 1. The molecule has 1 amide bonds. The Morgan fingerprint density at radius 2 is 1.96 bits per heavy atom. The molecule has 1 aliphatic carbocycles. The number of aryl methyl sites for hydroxylation is 2. The number of rotatable bonds is 5. The van der Waals surface area contributed by atoms with E-state index in [2.05, 4.69) is 15.0 Å². The second-order valence-electron chi connectivity index (χ2n) is 6.82. The molecule has 3 rings (SSSR count). The van der Waals surface area contributed by atoms with Crippen LogP contribution in [0.25, 0.3) is 0 Å². The van der Waals surface area contributed by atoms with Crippen LogP contribution in [0.15, 0.2) is 23.1 Å². The summed E-state index contributed by atoms with van der Waals surface area (Å²) in [6, 6.07) is 3.84. The highest BCUT2D eigenvalue weighted by Gasteiger charge is 2.21. The van der Waals surface area contributed by atoms with Crippen molar-refractivity contribution in [1.82, 2.24) is 9.71 Å². The molecule has 1 aliphatic rings. The smallest absolute Gasteiger partial charge is 0.259 e. The molecule has 146 valence electrons. The van der Waals surface area contributed by atoms with Gasteiger partial charge in [0.25, 0.3) is 5.91 Å². The first kappa shape index (κ1) is 20.3. The highest BCUT2D eigenvalue weighted by atomic mass is 35.5. The van der Waals surface area contributed by atoms with Crippen LogP contribution in [-0.2, 0) is 22.9 Å². The number of sulfonamides is 1. The van der Waals surface area contributed by atoms with Gasteiger partial charge in [-0.05, 0) is 57.7 Å². The first-order valence-corrected chi connectivity index (χ1v) is 11.6. The number of benzene rings is 1. The van der Waals surface area contributed by atoms with Crippen molar-refractivity contribution in [3.8, 4) is 0 Å². The Labute approximate surface area is 168 Å². The van der Waals surface area contributed by atoms with Crippen molar-refractivity contribution in [3.63, 3.8) is 0 Å². The second-order valence-corrected chi connectivity index (χ2v) is 10.0. The quantitative estimate of drug-likeness (QED) is 0.705. The zero-order valence-electron chi connectivity index (χ0n) is 15.2. The lowest BCUT2D eigenvalue weighted by Crippen LogP contribution is -2.30. The lowest BCUT2D eigenvalue weighted by atomic mass is 10.2. The van der Waals surface area contributed by atoms with Crippen LogP contribution < -0.4 is 10.0 Å². The minimum atomic E-state index is -3.71.